The lowest BCUT2D eigenvalue weighted by Crippen LogP contribution is -2.58. The van der Waals surface area contributed by atoms with Gasteiger partial charge in [0.05, 0.1) is 11.7 Å². The summed E-state index contributed by atoms with van der Waals surface area (Å²) in [5, 5.41) is 22.2. The van der Waals surface area contributed by atoms with Crippen LogP contribution in [0.3, 0.4) is 0 Å². The van der Waals surface area contributed by atoms with Crippen molar-refractivity contribution < 1.29 is 15.0 Å². The second-order valence-electron chi connectivity index (χ2n) is 6.29. The number of hydrogen-bond donors (Lipinski definition) is 2. The summed E-state index contributed by atoms with van der Waals surface area (Å²) in [5.41, 5.74) is 1.69. The number of thiazole rings is 1. The zero-order valence-electron chi connectivity index (χ0n) is 13.2. The van der Waals surface area contributed by atoms with Crippen molar-refractivity contribution in [2.45, 2.75) is 31.5 Å². The fraction of sp³-hybridized carbons (Fsp3) is 0.438. The number of piperazine rings is 1. The molecule has 4 rings (SSSR count). The number of pyridine rings is 1. The molecule has 1 amide bonds. The maximum absolute atomic E-state index is 11.3. The van der Waals surface area contributed by atoms with Crippen LogP contribution in [0.15, 0.2) is 23.7 Å². The van der Waals surface area contributed by atoms with E-state index in [2.05, 4.69) is 9.88 Å². The first kappa shape index (κ1) is 15.3. The standard InChI is InChI=1S/C16H18N4O3S/c1-9-7-19(16(22)23)8-11-6-10-2-3-12(18-14(10)20(9)11)13(21)15-17-4-5-24-15/h2-5,9,11,13,21H,6-8H2,1H3,(H,22,23)/t9-,11-,13?/m1/s1. The smallest absolute Gasteiger partial charge is 0.407 e. The number of carboxylic acid groups (broad SMARTS) is 1. The van der Waals surface area contributed by atoms with E-state index in [1.807, 2.05) is 24.4 Å². The van der Waals surface area contributed by atoms with Crippen LogP contribution in [0.25, 0.3) is 0 Å². The summed E-state index contributed by atoms with van der Waals surface area (Å²) >= 11 is 1.40. The molecular formula is C16H18N4O3S. The molecule has 1 saturated heterocycles. The summed E-state index contributed by atoms with van der Waals surface area (Å²) in [6.07, 6.45) is 0.749. The van der Waals surface area contributed by atoms with Gasteiger partial charge >= 0.3 is 6.09 Å². The molecule has 2 N–H and O–H groups in total. The third-order valence-corrected chi connectivity index (χ3v) is 5.53. The number of aliphatic hydroxyl groups excluding tert-OH is 1. The van der Waals surface area contributed by atoms with Crippen LogP contribution in [0.2, 0.25) is 0 Å². The molecule has 1 unspecified atom stereocenters. The van der Waals surface area contributed by atoms with Crippen molar-refractivity contribution in [2.75, 3.05) is 18.0 Å². The van der Waals surface area contributed by atoms with E-state index in [0.717, 1.165) is 17.8 Å². The highest BCUT2D eigenvalue weighted by molar-refractivity contribution is 7.09. The Labute approximate surface area is 143 Å². The van der Waals surface area contributed by atoms with Gasteiger partial charge in [0, 0.05) is 30.7 Å². The molecule has 0 saturated carbocycles. The third-order valence-electron chi connectivity index (χ3n) is 4.70. The molecule has 0 bridgehead atoms. The molecule has 3 atom stereocenters. The van der Waals surface area contributed by atoms with Gasteiger partial charge in [-0.25, -0.2) is 14.8 Å². The Morgan fingerprint density at radius 2 is 2.25 bits per heavy atom. The van der Waals surface area contributed by atoms with Crippen LogP contribution in [-0.2, 0) is 6.42 Å². The first-order valence-corrected chi connectivity index (χ1v) is 8.76. The van der Waals surface area contributed by atoms with Gasteiger partial charge in [0.15, 0.2) is 0 Å². The quantitative estimate of drug-likeness (QED) is 0.861. The molecule has 24 heavy (non-hydrogen) atoms. The molecule has 4 heterocycles. The second-order valence-corrected chi connectivity index (χ2v) is 7.22. The summed E-state index contributed by atoms with van der Waals surface area (Å²) < 4.78 is 0. The van der Waals surface area contributed by atoms with Gasteiger partial charge in [-0.3, -0.25) is 0 Å². The lowest BCUT2D eigenvalue weighted by Gasteiger charge is -2.42. The average Bonchev–Trinajstić information content (AvgIpc) is 3.20. The van der Waals surface area contributed by atoms with Crippen LogP contribution in [0.1, 0.15) is 29.3 Å². The van der Waals surface area contributed by atoms with Gasteiger partial charge < -0.3 is 20.0 Å². The number of aromatic nitrogens is 2. The largest absolute Gasteiger partial charge is 0.465 e. The lowest BCUT2D eigenvalue weighted by molar-refractivity contribution is 0.128. The number of nitrogens with zero attached hydrogens (tertiary/aromatic N) is 4. The van der Waals surface area contributed by atoms with Crippen LogP contribution < -0.4 is 4.90 Å². The zero-order chi connectivity index (χ0) is 16.8. The van der Waals surface area contributed by atoms with Crippen molar-refractivity contribution in [3.63, 3.8) is 0 Å². The zero-order valence-corrected chi connectivity index (χ0v) is 14.0. The molecule has 0 aromatic carbocycles. The lowest BCUT2D eigenvalue weighted by atomic mass is 10.1. The average molecular weight is 346 g/mol. The summed E-state index contributed by atoms with van der Waals surface area (Å²) in [6, 6.07) is 3.99. The molecule has 8 heteroatoms. The minimum Gasteiger partial charge on any atom is -0.465 e. The van der Waals surface area contributed by atoms with Crippen molar-refractivity contribution in [3.8, 4) is 0 Å². The fourth-order valence-electron chi connectivity index (χ4n) is 3.66. The summed E-state index contributed by atoms with van der Waals surface area (Å²) in [6.45, 7) is 2.97. The number of hydrogen-bond acceptors (Lipinski definition) is 6. The second kappa shape index (κ2) is 5.71. The fourth-order valence-corrected chi connectivity index (χ4v) is 4.29. The highest BCUT2D eigenvalue weighted by Crippen LogP contribution is 2.36. The maximum Gasteiger partial charge on any atom is 0.407 e. The molecule has 0 spiro atoms. The monoisotopic (exact) mass is 346 g/mol. The third kappa shape index (κ3) is 2.42. The van der Waals surface area contributed by atoms with Gasteiger partial charge in [-0.15, -0.1) is 11.3 Å². The van der Waals surface area contributed by atoms with Crippen LogP contribution in [0.5, 0.6) is 0 Å². The molecule has 2 aliphatic rings. The van der Waals surface area contributed by atoms with Crippen molar-refractivity contribution >= 4 is 23.2 Å². The molecule has 0 aliphatic carbocycles. The Morgan fingerprint density at radius 3 is 2.96 bits per heavy atom. The first-order valence-electron chi connectivity index (χ1n) is 7.88. The van der Waals surface area contributed by atoms with Gasteiger partial charge in [0.1, 0.15) is 16.9 Å². The highest BCUT2D eigenvalue weighted by atomic mass is 32.1. The Morgan fingerprint density at radius 1 is 1.42 bits per heavy atom. The minimum absolute atomic E-state index is 0.0563. The van der Waals surface area contributed by atoms with E-state index in [9.17, 15) is 15.0 Å². The predicted molar refractivity (Wildman–Crippen MR) is 89.4 cm³/mol. The number of carbonyl (C=O) groups is 1. The minimum atomic E-state index is -0.870. The van der Waals surface area contributed by atoms with Crippen LogP contribution in [-0.4, -0.2) is 56.3 Å². The van der Waals surface area contributed by atoms with Gasteiger partial charge in [-0.2, -0.15) is 0 Å². The maximum atomic E-state index is 11.3. The number of amides is 1. The van der Waals surface area contributed by atoms with E-state index < -0.39 is 12.2 Å². The molecule has 7 nitrogen and oxygen atoms in total. The Balaban J connectivity index is 1.64. The topological polar surface area (TPSA) is 89.8 Å². The van der Waals surface area contributed by atoms with E-state index in [-0.39, 0.29) is 12.1 Å². The van der Waals surface area contributed by atoms with Gasteiger partial charge in [0.25, 0.3) is 0 Å². The first-order chi connectivity index (χ1) is 11.5. The van der Waals surface area contributed by atoms with Crippen molar-refractivity contribution in [3.05, 3.63) is 40.0 Å². The van der Waals surface area contributed by atoms with Crippen molar-refractivity contribution in [1.82, 2.24) is 14.9 Å². The normalized spacial score (nSPS) is 23.8. The molecule has 2 aliphatic heterocycles. The van der Waals surface area contributed by atoms with E-state index in [4.69, 9.17) is 4.98 Å². The van der Waals surface area contributed by atoms with Crippen LogP contribution in [0, 0.1) is 0 Å². The molecule has 2 aromatic rings. The molecule has 0 radical (unpaired) electrons. The van der Waals surface area contributed by atoms with Gasteiger partial charge in [-0.1, -0.05) is 6.07 Å². The van der Waals surface area contributed by atoms with Crippen LogP contribution >= 0.6 is 11.3 Å². The molecule has 126 valence electrons. The van der Waals surface area contributed by atoms with E-state index in [1.54, 1.807) is 6.20 Å². The SMILES string of the molecule is C[C@@H]1CN(C(=O)O)C[C@H]2Cc3ccc(C(O)c4nccs4)nc3N21. The Hall–Kier alpha value is -2.19. The van der Waals surface area contributed by atoms with Crippen molar-refractivity contribution in [2.24, 2.45) is 0 Å². The summed E-state index contributed by atoms with van der Waals surface area (Å²) in [7, 11) is 0. The van der Waals surface area contributed by atoms with Gasteiger partial charge in [-0.05, 0) is 25.0 Å². The number of aliphatic hydroxyl groups is 1. The van der Waals surface area contributed by atoms with E-state index >= 15 is 0 Å². The van der Waals surface area contributed by atoms with E-state index in [0.29, 0.717) is 23.8 Å². The summed E-state index contributed by atoms with van der Waals surface area (Å²) in [4.78, 5) is 23.8. The van der Waals surface area contributed by atoms with Crippen LogP contribution in [0.4, 0.5) is 10.6 Å². The number of anilines is 1. The van der Waals surface area contributed by atoms with Gasteiger partial charge in [0.2, 0.25) is 0 Å². The Bertz CT molecular complexity index is 767. The summed E-state index contributed by atoms with van der Waals surface area (Å²) in [5.74, 6) is 0.866. The Kier molecular flexibility index (Phi) is 3.65. The molecule has 1 fully saturated rings. The highest BCUT2D eigenvalue weighted by Gasteiger charge is 2.40. The number of rotatable bonds is 2. The van der Waals surface area contributed by atoms with E-state index in [1.165, 1.54) is 16.2 Å². The molecule has 2 aromatic heterocycles. The van der Waals surface area contributed by atoms with Crippen molar-refractivity contribution in [1.29, 1.82) is 0 Å². The molecular weight excluding hydrogens is 328 g/mol. The number of fused-ring (bicyclic) bond motifs is 3. The predicted octanol–water partition coefficient (Wildman–Crippen LogP) is 1.73.